The van der Waals surface area contributed by atoms with Gasteiger partial charge in [-0.3, -0.25) is 0 Å². The van der Waals surface area contributed by atoms with Crippen molar-refractivity contribution in [3.8, 4) is 11.3 Å². The third kappa shape index (κ3) is 3.81. The Kier molecular flexibility index (Phi) is 4.99. The van der Waals surface area contributed by atoms with Crippen LogP contribution in [0, 0.1) is 13.8 Å². The fourth-order valence-electron chi connectivity index (χ4n) is 3.56. The van der Waals surface area contributed by atoms with Crippen LogP contribution in [-0.2, 0) is 12.6 Å². The number of hydrogen-bond acceptors (Lipinski definition) is 1. The largest absolute Gasteiger partial charge is 0.416 e. The van der Waals surface area contributed by atoms with E-state index in [0.29, 0.717) is 5.69 Å². The number of aryl methyl sites for hydroxylation is 2. The molecule has 0 atom stereocenters. The van der Waals surface area contributed by atoms with Crippen molar-refractivity contribution in [2.75, 3.05) is 0 Å². The first kappa shape index (κ1) is 19.7. The maximum Gasteiger partial charge on any atom is 0.416 e. The van der Waals surface area contributed by atoms with Crippen molar-refractivity contribution in [2.24, 2.45) is 0 Å². The van der Waals surface area contributed by atoms with Gasteiger partial charge in [0.05, 0.1) is 17.0 Å². The highest BCUT2D eigenvalue weighted by molar-refractivity contribution is 9.10. The summed E-state index contributed by atoms with van der Waals surface area (Å²) in [4.78, 5) is 4.80. The molecule has 0 N–H and O–H groups in total. The molecule has 2 aromatic heterocycles. The van der Waals surface area contributed by atoms with Crippen molar-refractivity contribution in [3.63, 3.8) is 0 Å². The maximum absolute atomic E-state index is 13.6. The van der Waals surface area contributed by atoms with E-state index in [2.05, 4.69) is 15.9 Å². The van der Waals surface area contributed by atoms with Crippen LogP contribution in [0.5, 0.6) is 0 Å². The van der Waals surface area contributed by atoms with Gasteiger partial charge in [-0.2, -0.15) is 13.2 Å². The van der Waals surface area contributed by atoms with Crippen LogP contribution in [0.3, 0.4) is 0 Å². The molecule has 0 bridgehead atoms. The van der Waals surface area contributed by atoms with E-state index < -0.39 is 11.7 Å². The van der Waals surface area contributed by atoms with Crippen molar-refractivity contribution in [2.45, 2.75) is 26.4 Å². The molecular formula is C23H18BrF3N2. The van der Waals surface area contributed by atoms with E-state index in [1.165, 1.54) is 12.1 Å². The first-order valence-electron chi connectivity index (χ1n) is 9.13. The van der Waals surface area contributed by atoms with Crippen LogP contribution in [0.4, 0.5) is 13.2 Å². The van der Waals surface area contributed by atoms with E-state index in [1.807, 2.05) is 54.8 Å². The second kappa shape index (κ2) is 7.34. The molecule has 2 nitrogen and oxygen atoms in total. The number of imidazole rings is 1. The number of pyridine rings is 1. The summed E-state index contributed by atoms with van der Waals surface area (Å²) in [5.41, 5.74) is 4.72. The van der Waals surface area contributed by atoms with Gasteiger partial charge in [0.1, 0.15) is 5.65 Å². The molecule has 0 amide bonds. The highest BCUT2D eigenvalue weighted by Crippen LogP contribution is 2.35. The molecule has 0 saturated carbocycles. The summed E-state index contributed by atoms with van der Waals surface area (Å²) in [7, 11) is 0. The average molecular weight is 459 g/mol. The summed E-state index contributed by atoms with van der Waals surface area (Å²) < 4.78 is 43.4. The van der Waals surface area contributed by atoms with Gasteiger partial charge >= 0.3 is 6.18 Å². The molecule has 148 valence electrons. The molecule has 0 radical (unpaired) electrons. The second-order valence-electron chi connectivity index (χ2n) is 7.14. The molecule has 0 aliphatic rings. The number of rotatable bonds is 3. The standard InChI is InChI=1S/C23H18BrF3N2/c1-14-7-9-16(10-8-14)21-20(29-13-18(24)11-15(2)22(29)28-21)12-17-5-3-4-6-19(17)23(25,26)27/h3-11,13H,12H2,1-2H3. The Morgan fingerprint density at radius 1 is 1.00 bits per heavy atom. The lowest BCUT2D eigenvalue weighted by molar-refractivity contribution is -0.138. The fourth-order valence-corrected chi connectivity index (χ4v) is 4.11. The Balaban J connectivity index is 1.96. The minimum Gasteiger partial charge on any atom is -0.302 e. The number of hydrogen-bond donors (Lipinski definition) is 0. The Morgan fingerprint density at radius 2 is 1.69 bits per heavy atom. The van der Waals surface area contributed by atoms with Gasteiger partial charge in [-0.15, -0.1) is 0 Å². The molecule has 0 unspecified atom stereocenters. The van der Waals surface area contributed by atoms with Crippen LogP contribution in [0.25, 0.3) is 16.9 Å². The molecule has 4 aromatic rings. The van der Waals surface area contributed by atoms with Crippen LogP contribution in [0.1, 0.15) is 27.9 Å². The number of fused-ring (bicyclic) bond motifs is 1. The van der Waals surface area contributed by atoms with E-state index in [9.17, 15) is 13.2 Å². The quantitative estimate of drug-likeness (QED) is 0.323. The van der Waals surface area contributed by atoms with Crippen molar-refractivity contribution in [3.05, 3.63) is 93.2 Å². The fraction of sp³-hybridized carbons (Fsp3) is 0.174. The molecule has 6 heteroatoms. The van der Waals surface area contributed by atoms with Crippen LogP contribution in [0.2, 0.25) is 0 Å². The number of benzene rings is 2. The summed E-state index contributed by atoms with van der Waals surface area (Å²) in [5.74, 6) is 0. The van der Waals surface area contributed by atoms with E-state index in [1.54, 1.807) is 6.07 Å². The Labute approximate surface area is 175 Å². The lowest BCUT2D eigenvalue weighted by atomic mass is 9.99. The third-order valence-corrected chi connectivity index (χ3v) is 5.41. The molecule has 2 aromatic carbocycles. The monoisotopic (exact) mass is 458 g/mol. The predicted octanol–water partition coefficient (Wildman–Crippen LogP) is 6.99. The Hall–Kier alpha value is -2.60. The number of halogens is 4. The summed E-state index contributed by atoms with van der Waals surface area (Å²) in [6, 6.07) is 15.6. The molecule has 4 rings (SSSR count). The highest BCUT2D eigenvalue weighted by atomic mass is 79.9. The molecule has 29 heavy (non-hydrogen) atoms. The molecule has 2 heterocycles. The van der Waals surface area contributed by atoms with Gasteiger partial charge in [0.25, 0.3) is 0 Å². The van der Waals surface area contributed by atoms with Gasteiger partial charge in [-0.05, 0) is 53.0 Å². The van der Waals surface area contributed by atoms with Crippen molar-refractivity contribution in [1.29, 1.82) is 0 Å². The van der Waals surface area contributed by atoms with Gasteiger partial charge in [-0.25, -0.2) is 4.98 Å². The Morgan fingerprint density at radius 3 is 2.38 bits per heavy atom. The summed E-state index contributed by atoms with van der Waals surface area (Å²) in [6.07, 6.45) is -2.42. The number of nitrogens with zero attached hydrogens (tertiary/aromatic N) is 2. The predicted molar refractivity (Wildman–Crippen MR) is 112 cm³/mol. The molecule has 0 spiro atoms. The summed E-state index contributed by atoms with van der Waals surface area (Å²) in [5, 5.41) is 0. The molecular weight excluding hydrogens is 441 g/mol. The molecule has 0 aliphatic carbocycles. The zero-order valence-electron chi connectivity index (χ0n) is 15.9. The van der Waals surface area contributed by atoms with E-state index >= 15 is 0 Å². The average Bonchev–Trinajstić information content (AvgIpc) is 3.01. The SMILES string of the molecule is Cc1ccc(-c2nc3c(C)cc(Br)cn3c2Cc2ccccc2C(F)(F)F)cc1. The minimum absolute atomic E-state index is 0.121. The van der Waals surface area contributed by atoms with Gasteiger partial charge in [0.2, 0.25) is 0 Å². The van der Waals surface area contributed by atoms with Crippen LogP contribution < -0.4 is 0 Å². The van der Waals surface area contributed by atoms with Gasteiger partial charge < -0.3 is 4.40 Å². The first-order valence-corrected chi connectivity index (χ1v) is 9.92. The first-order chi connectivity index (χ1) is 13.7. The van der Waals surface area contributed by atoms with E-state index in [-0.39, 0.29) is 12.0 Å². The molecule has 0 saturated heterocycles. The van der Waals surface area contributed by atoms with Gasteiger partial charge in [-0.1, -0.05) is 48.0 Å². The van der Waals surface area contributed by atoms with E-state index in [4.69, 9.17) is 4.98 Å². The van der Waals surface area contributed by atoms with Crippen LogP contribution in [0.15, 0.2) is 65.3 Å². The van der Waals surface area contributed by atoms with Gasteiger partial charge in [0, 0.05) is 22.7 Å². The van der Waals surface area contributed by atoms with Crippen LogP contribution >= 0.6 is 15.9 Å². The summed E-state index contributed by atoms with van der Waals surface area (Å²) >= 11 is 3.50. The van der Waals surface area contributed by atoms with Crippen LogP contribution in [-0.4, -0.2) is 9.38 Å². The maximum atomic E-state index is 13.6. The smallest absolute Gasteiger partial charge is 0.302 e. The van der Waals surface area contributed by atoms with Crippen molar-refractivity contribution >= 4 is 21.6 Å². The van der Waals surface area contributed by atoms with Crippen molar-refractivity contribution in [1.82, 2.24) is 9.38 Å². The Bertz CT molecular complexity index is 1190. The molecule has 0 aliphatic heterocycles. The zero-order chi connectivity index (χ0) is 20.8. The van der Waals surface area contributed by atoms with Crippen molar-refractivity contribution < 1.29 is 13.2 Å². The second-order valence-corrected chi connectivity index (χ2v) is 8.06. The number of alkyl halides is 3. The zero-order valence-corrected chi connectivity index (χ0v) is 17.5. The lowest BCUT2D eigenvalue weighted by Gasteiger charge is -2.14. The van der Waals surface area contributed by atoms with Gasteiger partial charge in [0.15, 0.2) is 0 Å². The highest BCUT2D eigenvalue weighted by Gasteiger charge is 2.33. The third-order valence-electron chi connectivity index (χ3n) is 4.98. The normalized spacial score (nSPS) is 11.9. The topological polar surface area (TPSA) is 17.3 Å². The number of aromatic nitrogens is 2. The molecule has 0 fully saturated rings. The minimum atomic E-state index is -4.41. The van der Waals surface area contributed by atoms with E-state index in [0.717, 1.165) is 38.6 Å². The lowest BCUT2D eigenvalue weighted by Crippen LogP contribution is -2.10. The summed E-state index contributed by atoms with van der Waals surface area (Å²) in [6.45, 7) is 3.94.